The predicted octanol–water partition coefficient (Wildman–Crippen LogP) is 4.81. The van der Waals surface area contributed by atoms with Crippen molar-refractivity contribution < 1.29 is 24.5 Å². The van der Waals surface area contributed by atoms with Crippen LogP contribution in [0.2, 0.25) is 0 Å². The lowest BCUT2D eigenvalue weighted by Gasteiger charge is -2.37. The van der Waals surface area contributed by atoms with Crippen LogP contribution in [-0.2, 0) is 14.3 Å². The van der Waals surface area contributed by atoms with Gasteiger partial charge in [-0.3, -0.25) is 4.79 Å². The molecule has 0 aromatic rings. The van der Waals surface area contributed by atoms with Gasteiger partial charge in [-0.15, -0.1) is 0 Å². The Morgan fingerprint density at radius 1 is 1.32 bits per heavy atom. The molecule has 0 aliphatic heterocycles. The van der Waals surface area contributed by atoms with Gasteiger partial charge in [0.25, 0.3) is 0 Å². The van der Waals surface area contributed by atoms with E-state index in [1.165, 1.54) is 7.11 Å². The number of hydrogen-bond donors (Lipinski definition) is 2. The van der Waals surface area contributed by atoms with Crippen molar-refractivity contribution in [3.63, 3.8) is 0 Å². The molecule has 28 heavy (non-hydrogen) atoms. The topological polar surface area (TPSA) is 83.8 Å². The van der Waals surface area contributed by atoms with Gasteiger partial charge in [-0.2, -0.15) is 0 Å². The van der Waals surface area contributed by atoms with Crippen molar-refractivity contribution >= 4 is 11.8 Å². The molecular weight excluding hydrogens is 356 g/mol. The molecule has 0 radical (unpaired) electrons. The van der Waals surface area contributed by atoms with Gasteiger partial charge in [-0.1, -0.05) is 37.5 Å². The lowest BCUT2D eigenvalue weighted by molar-refractivity contribution is -0.137. The molecule has 2 N–H and O–H groups in total. The highest BCUT2D eigenvalue weighted by Gasteiger charge is 2.41. The number of carbonyl (C=O) groups excluding carboxylic acids is 2. The number of rotatable bonds is 9. The van der Waals surface area contributed by atoms with E-state index in [0.717, 1.165) is 31.3 Å². The lowest BCUT2D eigenvalue weighted by atomic mass is 9.70. The summed E-state index contributed by atoms with van der Waals surface area (Å²) in [5, 5.41) is 21.4. The molecule has 158 valence electrons. The van der Waals surface area contributed by atoms with E-state index < -0.39 is 29.0 Å². The molecule has 0 aromatic carbocycles. The zero-order chi connectivity index (χ0) is 21.5. The summed E-state index contributed by atoms with van der Waals surface area (Å²) in [6.45, 7) is 9.16. The highest BCUT2D eigenvalue weighted by molar-refractivity contribution is 6.06. The Morgan fingerprint density at radius 3 is 2.46 bits per heavy atom. The van der Waals surface area contributed by atoms with Crippen molar-refractivity contribution in [1.29, 1.82) is 0 Å². The summed E-state index contributed by atoms with van der Waals surface area (Å²) in [5.74, 6) is -2.84. The number of carbonyl (C=O) groups is 2. The Balaban J connectivity index is 3.38. The second kappa shape index (κ2) is 10.6. The number of aliphatic hydroxyl groups excluding tert-OH is 1. The summed E-state index contributed by atoms with van der Waals surface area (Å²) in [6.07, 6.45) is 8.46. The highest BCUT2D eigenvalue weighted by Crippen LogP contribution is 2.38. The van der Waals surface area contributed by atoms with E-state index in [1.54, 1.807) is 26.8 Å². The van der Waals surface area contributed by atoms with Crippen LogP contribution < -0.4 is 0 Å². The van der Waals surface area contributed by atoms with Gasteiger partial charge in [-0.05, 0) is 59.0 Å². The van der Waals surface area contributed by atoms with Crippen LogP contribution in [0.3, 0.4) is 0 Å². The number of esters is 1. The molecule has 2 atom stereocenters. The zero-order valence-electron chi connectivity index (χ0n) is 18.2. The van der Waals surface area contributed by atoms with E-state index in [2.05, 4.69) is 6.92 Å². The highest BCUT2D eigenvalue weighted by atomic mass is 16.5. The molecule has 0 saturated carbocycles. The fourth-order valence-electron chi connectivity index (χ4n) is 3.86. The molecule has 5 nitrogen and oxygen atoms in total. The summed E-state index contributed by atoms with van der Waals surface area (Å²) in [4.78, 5) is 25.6. The van der Waals surface area contributed by atoms with Gasteiger partial charge in [0.1, 0.15) is 5.57 Å². The van der Waals surface area contributed by atoms with Crippen molar-refractivity contribution in [3.8, 4) is 0 Å². The van der Waals surface area contributed by atoms with Gasteiger partial charge < -0.3 is 14.9 Å². The van der Waals surface area contributed by atoms with Gasteiger partial charge in [0.05, 0.1) is 12.7 Å². The SMILES string of the molecule is C/C=C(CCCCC)\C(C(=O)OC)=C(\O)C(=O)C1C=C(C)CCC1C(C)(C)O. The van der Waals surface area contributed by atoms with Crippen LogP contribution in [0.4, 0.5) is 0 Å². The maximum Gasteiger partial charge on any atom is 0.342 e. The first-order chi connectivity index (χ1) is 13.1. The first-order valence-corrected chi connectivity index (χ1v) is 10.2. The molecule has 0 aromatic heterocycles. The van der Waals surface area contributed by atoms with Crippen LogP contribution in [0.5, 0.6) is 0 Å². The minimum absolute atomic E-state index is 0.0581. The Bertz CT molecular complexity index is 661. The largest absolute Gasteiger partial charge is 0.504 e. The normalized spacial score (nSPS) is 21.7. The minimum Gasteiger partial charge on any atom is -0.504 e. The number of ether oxygens (including phenoxy) is 1. The molecule has 0 saturated heterocycles. The zero-order valence-corrected chi connectivity index (χ0v) is 18.2. The molecule has 1 rings (SSSR count). The number of unbranched alkanes of at least 4 members (excludes halogenated alkanes) is 2. The van der Waals surface area contributed by atoms with Crippen LogP contribution in [0, 0.1) is 11.8 Å². The van der Waals surface area contributed by atoms with Crippen molar-refractivity contribution in [1.82, 2.24) is 0 Å². The van der Waals surface area contributed by atoms with Gasteiger partial charge in [0.2, 0.25) is 5.78 Å². The number of hydrogen-bond acceptors (Lipinski definition) is 5. The standard InChI is InChI=1S/C23H36O5/c1-7-9-10-11-16(8-2)19(22(26)28-6)21(25)20(24)17-14-15(3)12-13-18(17)23(4,5)27/h8,14,17-18,25,27H,7,9-13H2,1-6H3/b16-8-,21-19-. The number of methoxy groups -OCH3 is 1. The van der Waals surface area contributed by atoms with E-state index in [4.69, 9.17) is 4.74 Å². The maximum absolute atomic E-state index is 13.2. The van der Waals surface area contributed by atoms with Crippen LogP contribution in [-0.4, -0.2) is 34.7 Å². The van der Waals surface area contributed by atoms with Crippen LogP contribution in [0.1, 0.15) is 73.1 Å². The third-order valence-electron chi connectivity index (χ3n) is 5.54. The molecular formula is C23H36O5. The van der Waals surface area contributed by atoms with E-state index in [-0.39, 0.29) is 11.5 Å². The molecule has 0 spiro atoms. The first kappa shape index (κ1) is 24.2. The summed E-state index contributed by atoms with van der Waals surface area (Å²) in [7, 11) is 1.24. The number of aliphatic hydroxyl groups is 2. The molecule has 0 fully saturated rings. The minimum atomic E-state index is -1.08. The Morgan fingerprint density at radius 2 is 1.96 bits per heavy atom. The van der Waals surface area contributed by atoms with Crippen molar-refractivity contribution in [2.45, 2.75) is 78.7 Å². The summed E-state index contributed by atoms with van der Waals surface area (Å²) < 4.78 is 4.86. The summed E-state index contributed by atoms with van der Waals surface area (Å²) in [6, 6.07) is 0. The van der Waals surface area contributed by atoms with Gasteiger partial charge in [-0.25, -0.2) is 4.79 Å². The third-order valence-corrected chi connectivity index (χ3v) is 5.54. The molecule has 1 aliphatic carbocycles. The van der Waals surface area contributed by atoms with Crippen molar-refractivity contribution in [2.24, 2.45) is 11.8 Å². The molecule has 5 heteroatoms. The monoisotopic (exact) mass is 392 g/mol. The summed E-state index contributed by atoms with van der Waals surface area (Å²) in [5.41, 5.74) is 0.522. The molecule has 1 aliphatic rings. The average molecular weight is 393 g/mol. The van der Waals surface area contributed by atoms with Crippen molar-refractivity contribution in [2.75, 3.05) is 7.11 Å². The van der Waals surface area contributed by atoms with E-state index in [0.29, 0.717) is 18.4 Å². The molecule has 2 unspecified atom stereocenters. The molecule has 0 heterocycles. The van der Waals surface area contributed by atoms with Crippen LogP contribution in [0.15, 0.2) is 34.6 Å². The van der Waals surface area contributed by atoms with Gasteiger partial charge in [0, 0.05) is 11.8 Å². The van der Waals surface area contributed by atoms with Gasteiger partial charge in [0.15, 0.2) is 5.76 Å². The first-order valence-electron chi connectivity index (χ1n) is 10.2. The predicted molar refractivity (Wildman–Crippen MR) is 111 cm³/mol. The smallest absolute Gasteiger partial charge is 0.342 e. The van der Waals surface area contributed by atoms with Crippen molar-refractivity contribution in [3.05, 3.63) is 34.6 Å². The maximum atomic E-state index is 13.2. The van der Waals surface area contributed by atoms with E-state index >= 15 is 0 Å². The number of Topliss-reactive ketones (excluding diaryl/α,β-unsaturated/α-hetero) is 1. The fraction of sp³-hybridized carbons (Fsp3) is 0.652. The molecule has 0 amide bonds. The number of ketones is 1. The van der Waals surface area contributed by atoms with Gasteiger partial charge >= 0.3 is 5.97 Å². The Hall–Kier alpha value is -1.88. The second-order valence-corrected chi connectivity index (χ2v) is 8.19. The fourth-order valence-corrected chi connectivity index (χ4v) is 3.86. The quantitative estimate of drug-likeness (QED) is 0.147. The lowest BCUT2D eigenvalue weighted by Crippen LogP contribution is -2.41. The Kier molecular flexibility index (Phi) is 9.15. The van der Waals surface area contributed by atoms with E-state index in [1.807, 2.05) is 13.0 Å². The number of allylic oxidation sites excluding steroid dienone is 4. The molecule has 0 bridgehead atoms. The third kappa shape index (κ3) is 6.06. The van der Waals surface area contributed by atoms with Crippen LogP contribution >= 0.6 is 0 Å². The van der Waals surface area contributed by atoms with Crippen LogP contribution in [0.25, 0.3) is 0 Å². The average Bonchev–Trinajstić information content (AvgIpc) is 2.64. The Labute approximate surface area is 169 Å². The summed E-state index contributed by atoms with van der Waals surface area (Å²) >= 11 is 0. The second-order valence-electron chi connectivity index (χ2n) is 8.19. The van der Waals surface area contributed by atoms with E-state index in [9.17, 15) is 19.8 Å².